The fourth-order valence-corrected chi connectivity index (χ4v) is 6.12. The Morgan fingerprint density at radius 3 is 2.50 bits per heavy atom. The monoisotopic (exact) mass is 557 g/mol. The van der Waals surface area contributed by atoms with Crippen LogP contribution in [-0.4, -0.2) is 77.9 Å². The third-order valence-electron chi connectivity index (χ3n) is 8.32. The summed E-state index contributed by atoms with van der Waals surface area (Å²) in [6, 6.07) is 5.59. The van der Waals surface area contributed by atoms with Crippen molar-refractivity contribution in [3.63, 3.8) is 0 Å². The van der Waals surface area contributed by atoms with E-state index in [9.17, 15) is 18.0 Å². The highest BCUT2D eigenvalue weighted by Crippen LogP contribution is 2.48. The molecular formula is C28H30F3N5O4. The van der Waals surface area contributed by atoms with Crippen molar-refractivity contribution in [3.8, 4) is 11.5 Å². The number of likely N-dealkylation sites (tertiary alicyclic amines) is 1. The van der Waals surface area contributed by atoms with Crippen molar-refractivity contribution >= 4 is 28.4 Å². The molecule has 3 aromatic rings. The molecule has 1 amide bonds. The largest absolute Gasteiger partial charge is 0.453 e. The van der Waals surface area contributed by atoms with Crippen molar-refractivity contribution in [1.82, 2.24) is 19.8 Å². The van der Waals surface area contributed by atoms with Gasteiger partial charge in [-0.05, 0) is 55.4 Å². The van der Waals surface area contributed by atoms with Crippen LogP contribution in [0.25, 0.3) is 11.0 Å². The van der Waals surface area contributed by atoms with Crippen LogP contribution in [0.5, 0.6) is 11.5 Å². The molecule has 9 nitrogen and oxygen atoms in total. The molecule has 40 heavy (non-hydrogen) atoms. The third-order valence-corrected chi connectivity index (χ3v) is 8.32. The van der Waals surface area contributed by atoms with Gasteiger partial charge in [-0.15, -0.1) is 0 Å². The zero-order valence-electron chi connectivity index (χ0n) is 21.9. The molecule has 3 fully saturated rings. The summed E-state index contributed by atoms with van der Waals surface area (Å²) >= 11 is 0. The molecule has 12 heteroatoms. The summed E-state index contributed by atoms with van der Waals surface area (Å²) in [5.74, 6) is 1.13. The first-order chi connectivity index (χ1) is 19.4. The van der Waals surface area contributed by atoms with E-state index in [0.717, 1.165) is 58.2 Å². The zero-order valence-corrected chi connectivity index (χ0v) is 21.9. The average Bonchev–Trinajstić information content (AvgIpc) is 3.51. The van der Waals surface area contributed by atoms with Gasteiger partial charge in [-0.2, -0.15) is 13.2 Å². The first-order valence-electron chi connectivity index (χ1n) is 13.8. The van der Waals surface area contributed by atoms with Gasteiger partial charge in [0.15, 0.2) is 11.5 Å². The van der Waals surface area contributed by atoms with Crippen LogP contribution >= 0.6 is 0 Å². The van der Waals surface area contributed by atoms with Crippen LogP contribution in [0.15, 0.2) is 24.4 Å². The summed E-state index contributed by atoms with van der Waals surface area (Å²) in [7, 11) is 0. The van der Waals surface area contributed by atoms with Crippen LogP contribution < -0.4 is 14.8 Å². The molecule has 1 aromatic carbocycles. The number of pyridine rings is 1. The Labute approximate surface area is 228 Å². The number of fused-ring (bicyclic) bond motifs is 2. The summed E-state index contributed by atoms with van der Waals surface area (Å²) in [5, 5.41) is 3.33. The maximum atomic E-state index is 13.6. The average molecular weight is 558 g/mol. The van der Waals surface area contributed by atoms with E-state index in [-0.39, 0.29) is 29.7 Å². The molecule has 7 rings (SSSR count). The van der Waals surface area contributed by atoms with Crippen LogP contribution in [-0.2, 0) is 10.9 Å². The van der Waals surface area contributed by atoms with Gasteiger partial charge in [0, 0.05) is 43.8 Å². The number of nitrogens with zero attached hydrogens (tertiary/aromatic N) is 3. The van der Waals surface area contributed by atoms with Crippen molar-refractivity contribution in [2.75, 3.05) is 51.5 Å². The highest BCUT2D eigenvalue weighted by atomic mass is 19.4. The Bertz CT molecular complexity index is 1440. The number of alkyl halides is 3. The number of carbonyl (C=O) groups is 1. The number of hydrogen-bond acceptors (Lipinski definition) is 7. The van der Waals surface area contributed by atoms with Gasteiger partial charge in [0.2, 0.25) is 6.79 Å². The number of nitrogens with one attached hydrogen (secondary N) is 2. The van der Waals surface area contributed by atoms with E-state index in [1.165, 1.54) is 0 Å². The molecule has 2 N–H and O–H groups in total. The summed E-state index contributed by atoms with van der Waals surface area (Å²) in [5.41, 5.74) is 1.08. The van der Waals surface area contributed by atoms with Gasteiger partial charge in [-0.1, -0.05) is 0 Å². The first kappa shape index (κ1) is 25.5. The van der Waals surface area contributed by atoms with Gasteiger partial charge in [0.05, 0.1) is 30.0 Å². The van der Waals surface area contributed by atoms with E-state index in [1.54, 1.807) is 18.2 Å². The van der Waals surface area contributed by atoms with Crippen LogP contribution in [0, 0.1) is 0 Å². The van der Waals surface area contributed by atoms with E-state index in [2.05, 4.69) is 20.2 Å². The van der Waals surface area contributed by atoms with Gasteiger partial charge >= 0.3 is 6.18 Å². The van der Waals surface area contributed by atoms with Crippen molar-refractivity contribution in [3.05, 3.63) is 41.1 Å². The molecule has 2 aromatic heterocycles. The number of benzene rings is 1. The summed E-state index contributed by atoms with van der Waals surface area (Å²) < 4.78 is 57.8. The quantitative estimate of drug-likeness (QED) is 0.463. The van der Waals surface area contributed by atoms with E-state index in [0.29, 0.717) is 53.3 Å². The number of hydrogen-bond donors (Lipinski definition) is 2. The molecule has 1 aliphatic carbocycles. The molecule has 0 atom stereocenters. The first-order valence-corrected chi connectivity index (χ1v) is 13.8. The van der Waals surface area contributed by atoms with Crippen molar-refractivity contribution in [2.24, 2.45) is 0 Å². The number of anilines is 2. The number of aromatic nitrogens is 2. The van der Waals surface area contributed by atoms with Gasteiger partial charge in [0.25, 0.3) is 5.91 Å². The van der Waals surface area contributed by atoms with Crippen molar-refractivity contribution in [1.29, 1.82) is 0 Å². The molecule has 4 aliphatic rings. The molecular weight excluding hydrogens is 527 g/mol. The van der Waals surface area contributed by atoms with Gasteiger partial charge in [-0.3, -0.25) is 9.69 Å². The number of H-pyrrole nitrogens is 1. The predicted octanol–water partition coefficient (Wildman–Crippen LogP) is 4.87. The number of aromatic amines is 1. The molecule has 1 saturated carbocycles. The Morgan fingerprint density at radius 1 is 1.02 bits per heavy atom. The Hall–Kier alpha value is -3.51. The molecule has 0 bridgehead atoms. The lowest BCUT2D eigenvalue weighted by molar-refractivity contribution is -0.136. The lowest BCUT2D eigenvalue weighted by Crippen LogP contribution is -2.50. The van der Waals surface area contributed by atoms with Crippen LogP contribution in [0.2, 0.25) is 0 Å². The summed E-state index contributed by atoms with van der Waals surface area (Å²) in [6.45, 7) is 4.69. The molecule has 0 spiro atoms. The number of amides is 1. The van der Waals surface area contributed by atoms with E-state index < -0.39 is 11.7 Å². The molecule has 0 radical (unpaired) electrons. The summed E-state index contributed by atoms with van der Waals surface area (Å²) in [6.07, 6.45) is 0.0208. The predicted molar refractivity (Wildman–Crippen MR) is 140 cm³/mol. The smallest absolute Gasteiger partial charge is 0.418 e. The SMILES string of the molecule is O=C(c1ccc(Nc2cc(C3CC3)c3c(C(F)(F)F)c[nH]c3n2)c2c1OCO2)N1CCC(N2CCOCC2)CC1. The molecule has 3 aliphatic heterocycles. The maximum Gasteiger partial charge on any atom is 0.418 e. The molecule has 2 saturated heterocycles. The van der Waals surface area contributed by atoms with Crippen molar-refractivity contribution in [2.45, 2.75) is 43.8 Å². The number of carbonyl (C=O) groups excluding carboxylic acids is 1. The summed E-state index contributed by atoms with van der Waals surface area (Å²) in [4.78, 5) is 24.9. The standard InChI is InChI=1S/C28H30F3N5O4/c29-28(30,31)20-14-32-26-23(20)19(16-1-2-16)13-22(34-26)33-21-4-3-18(24-25(21)40-15-39-24)27(37)36-7-5-17(6-8-36)35-9-11-38-12-10-35/h3-4,13-14,16-17H,1-2,5-12,15H2,(H2,32,33,34). The second-order valence-corrected chi connectivity index (χ2v) is 10.8. The lowest BCUT2D eigenvalue weighted by atomic mass is 10.0. The topological polar surface area (TPSA) is 92.0 Å². The van der Waals surface area contributed by atoms with Crippen LogP contribution in [0.1, 0.15) is 53.1 Å². The van der Waals surface area contributed by atoms with Gasteiger partial charge < -0.3 is 29.4 Å². The second-order valence-electron chi connectivity index (χ2n) is 10.8. The van der Waals surface area contributed by atoms with Crippen molar-refractivity contribution < 1.29 is 32.2 Å². The number of morpholine rings is 1. The minimum atomic E-state index is -4.47. The number of halogens is 3. The number of piperidine rings is 1. The Kier molecular flexibility index (Phi) is 6.26. The van der Waals surface area contributed by atoms with E-state index >= 15 is 0 Å². The number of ether oxygens (including phenoxy) is 3. The molecule has 212 valence electrons. The molecule has 0 unspecified atom stereocenters. The second kappa shape index (κ2) is 9.84. The minimum absolute atomic E-state index is 0.0290. The highest BCUT2D eigenvalue weighted by Gasteiger charge is 2.38. The normalized spacial score (nSPS) is 20.3. The van der Waals surface area contributed by atoms with E-state index in [4.69, 9.17) is 14.2 Å². The lowest BCUT2D eigenvalue weighted by Gasteiger charge is -2.40. The fraction of sp³-hybridized carbons (Fsp3) is 0.500. The third kappa shape index (κ3) is 4.62. The van der Waals surface area contributed by atoms with Gasteiger partial charge in [0.1, 0.15) is 11.5 Å². The fourth-order valence-electron chi connectivity index (χ4n) is 6.12. The minimum Gasteiger partial charge on any atom is -0.453 e. The molecule has 5 heterocycles. The zero-order chi connectivity index (χ0) is 27.4. The number of rotatable bonds is 5. The highest BCUT2D eigenvalue weighted by molar-refractivity contribution is 5.99. The van der Waals surface area contributed by atoms with Crippen LogP contribution in [0.3, 0.4) is 0 Å². The maximum absolute atomic E-state index is 13.6. The van der Waals surface area contributed by atoms with Crippen LogP contribution in [0.4, 0.5) is 24.7 Å². The Balaban J connectivity index is 1.12. The van der Waals surface area contributed by atoms with Gasteiger partial charge in [-0.25, -0.2) is 4.98 Å². The Morgan fingerprint density at radius 2 is 1.77 bits per heavy atom. The van der Waals surface area contributed by atoms with E-state index in [1.807, 2.05) is 4.90 Å².